The summed E-state index contributed by atoms with van der Waals surface area (Å²) < 4.78 is 3.56. The van der Waals surface area contributed by atoms with Crippen molar-refractivity contribution < 1.29 is 0 Å². The van der Waals surface area contributed by atoms with Crippen molar-refractivity contribution in [3.63, 3.8) is 0 Å². The Labute approximate surface area is 121 Å². The molecule has 0 unspecified atom stereocenters. The van der Waals surface area contributed by atoms with Crippen LogP contribution in [0.1, 0.15) is 17.0 Å². The molecular formula is C12H6Br2N4. The Morgan fingerprint density at radius 2 is 1.78 bits per heavy atom. The van der Waals surface area contributed by atoms with Crippen LogP contribution in [0.4, 0.5) is 0 Å². The van der Waals surface area contributed by atoms with Crippen LogP contribution in [-0.4, -0.2) is 9.55 Å². The molecule has 2 aromatic rings. The van der Waals surface area contributed by atoms with Crippen molar-refractivity contribution in [2.75, 3.05) is 0 Å². The third-order valence-corrected chi connectivity index (χ3v) is 3.24. The summed E-state index contributed by atoms with van der Waals surface area (Å²) in [5.74, 6) is 0. The molecule has 0 amide bonds. The first-order valence-electron chi connectivity index (χ1n) is 4.94. The van der Waals surface area contributed by atoms with E-state index in [0.717, 1.165) is 14.5 Å². The van der Waals surface area contributed by atoms with Gasteiger partial charge in [-0.05, 0) is 23.8 Å². The van der Waals surface area contributed by atoms with Crippen molar-refractivity contribution >= 4 is 31.9 Å². The van der Waals surface area contributed by atoms with E-state index < -0.39 is 0 Å². The molecule has 0 fully saturated rings. The lowest BCUT2D eigenvalue weighted by atomic mass is 10.2. The van der Waals surface area contributed by atoms with Gasteiger partial charge < -0.3 is 4.57 Å². The van der Waals surface area contributed by atoms with Gasteiger partial charge in [0.15, 0.2) is 11.4 Å². The smallest absolute Gasteiger partial charge is 0.176 e. The number of imidazole rings is 1. The molecule has 88 valence electrons. The van der Waals surface area contributed by atoms with Crippen LogP contribution in [0.2, 0.25) is 0 Å². The fourth-order valence-electron chi connectivity index (χ4n) is 1.60. The predicted octanol–water partition coefficient (Wildman–Crippen LogP) is 3.20. The van der Waals surface area contributed by atoms with Crippen molar-refractivity contribution in [2.24, 2.45) is 0 Å². The van der Waals surface area contributed by atoms with Crippen molar-refractivity contribution in [2.45, 2.75) is 6.54 Å². The number of hydrogen-bond donors (Lipinski definition) is 0. The van der Waals surface area contributed by atoms with Crippen molar-refractivity contribution in [3.8, 4) is 12.1 Å². The maximum Gasteiger partial charge on any atom is 0.176 e. The fraction of sp³-hybridized carbons (Fsp3) is 0.0833. The molecule has 2 rings (SSSR count). The Morgan fingerprint density at radius 3 is 2.33 bits per heavy atom. The minimum atomic E-state index is 0.159. The third kappa shape index (κ3) is 2.61. The Hall–Kier alpha value is -1.63. The zero-order valence-electron chi connectivity index (χ0n) is 9.06. The summed E-state index contributed by atoms with van der Waals surface area (Å²) in [6.07, 6.45) is 1.51. The molecule has 1 aromatic carbocycles. The lowest BCUT2D eigenvalue weighted by Crippen LogP contribution is -2.01. The van der Waals surface area contributed by atoms with E-state index in [2.05, 4.69) is 36.8 Å². The second-order valence-corrected chi connectivity index (χ2v) is 5.40. The first-order valence-corrected chi connectivity index (χ1v) is 6.53. The maximum atomic E-state index is 9.03. The van der Waals surface area contributed by atoms with E-state index in [-0.39, 0.29) is 11.4 Å². The molecule has 0 saturated heterocycles. The summed E-state index contributed by atoms with van der Waals surface area (Å²) in [6.45, 7) is 0.496. The van der Waals surface area contributed by atoms with Crippen LogP contribution in [0.5, 0.6) is 0 Å². The summed E-state index contributed by atoms with van der Waals surface area (Å²) >= 11 is 6.82. The molecule has 6 heteroatoms. The van der Waals surface area contributed by atoms with Crippen molar-refractivity contribution in [1.82, 2.24) is 9.55 Å². The van der Waals surface area contributed by atoms with E-state index in [9.17, 15) is 0 Å². The lowest BCUT2D eigenvalue weighted by molar-refractivity contribution is 0.784. The molecule has 1 aromatic heterocycles. The zero-order chi connectivity index (χ0) is 13.1. The highest BCUT2D eigenvalue weighted by molar-refractivity contribution is 9.11. The summed E-state index contributed by atoms with van der Waals surface area (Å²) in [4.78, 5) is 3.90. The van der Waals surface area contributed by atoms with Gasteiger partial charge in [-0.25, -0.2) is 4.98 Å². The molecule has 0 saturated carbocycles. The standard InChI is InChI=1S/C12H6Br2N4/c13-9-1-8(2-10(14)3-9)6-18-7-17-11(4-15)12(18)5-16/h1-3,7H,6H2. The first kappa shape index (κ1) is 12.8. The number of hydrogen-bond acceptors (Lipinski definition) is 3. The summed E-state index contributed by atoms with van der Waals surface area (Å²) in [5.41, 5.74) is 1.45. The molecule has 0 radical (unpaired) electrons. The van der Waals surface area contributed by atoms with E-state index in [0.29, 0.717) is 6.54 Å². The highest BCUT2D eigenvalue weighted by atomic mass is 79.9. The molecular weight excluding hydrogens is 360 g/mol. The van der Waals surface area contributed by atoms with E-state index >= 15 is 0 Å². The van der Waals surface area contributed by atoms with E-state index in [4.69, 9.17) is 10.5 Å². The van der Waals surface area contributed by atoms with Crippen LogP contribution in [0, 0.1) is 22.7 Å². The minimum absolute atomic E-state index is 0.159. The Morgan fingerprint density at radius 1 is 1.11 bits per heavy atom. The van der Waals surface area contributed by atoms with Gasteiger partial charge >= 0.3 is 0 Å². The average Bonchev–Trinajstić information content (AvgIpc) is 2.69. The highest BCUT2D eigenvalue weighted by Gasteiger charge is 2.10. The molecule has 0 aliphatic heterocycles. The third-order valence-electron chi connectivity index (χ3n) is 2.32. The quantitative estimate of drug-likeness (QED) is 0.820. The average molecular weight is 366 g/mol. The molecule has 0 aliphatic rings. The summed E-state index contributed by atoms with van der Waals surface area (Å²) in [5, 5.41) is 17.9. The van der Waals surface area contributed by atoms with Gasteiger partial charge in [-0.1, -0.05) is 31.9 Å². The fourth-order valence-corrected chi connectivity index (χ4v) is 2.99. The van der Waals surface area contributed by atoms with Crippen LogP contribution < -0.4 is 0 Å². The molecule has 0 bridgehead atoms. The minimum Gasteiger partial charge on any atom is -0.317 e. The van der Waals surface area contributed by atoms with E-state index in [1.165, 1.54) is 6.33 Å². The number of halogens is 2. The molecule has 0 aliphatic carbocycles. The number of rotatable bonds is 2. The zero-order valence-corrected chi connectivity index (χ0v) is 12.2. The molecule has 1 heterocycles. The van der Waals surface area contributed by atoms with Gasteiger partial charge in [-0.2, -0.15) is 10.5 Å². The second kappa shape index (κ2) is 5.34. The number of nitrogens with zero attached hydrogens (tertiary/aromatic N) is 4. The largest absolute Gasteiger partial charge is 0.317 e. The van der Waals surface area contributed by atoms with Gasteiger partial charge in [-0.3, -0.25) is 0 Å². The van der Waals surface area contributed by atoms with Gasteiger partial charge in [0.1, 0.15) is 12.1 Å². The Kier molecular flexibility index (Phi) is 3.81. The number of nitriles is 2. The van der Waals surface area contributed by atoms with Gasteiger partial charge in [0.2, 0.25) is 0 Å². The molecule has 0 atom stereocenters. The summed E-state index contributed by atoms with van der Waals surface area (Å²) in [7, 11) is 0. The number of benzene rings is 1. The van der Waals surface area contributed by atoms with Crippen molar-refractivity contribution in [3.05, 3.63) is 50.4 Å². The molecule has 18 heavy (non-hydrogen) atoms. The highest BCUT2D eigenvalue weighted by Crippen LogP contribution is 2.21. The molecule has 4 nitrogen and oxygen atoms in total. The van der Waals surface area contributed by atoms with Crippen LogP contribution in [0.3, 0.4) is 0 Å². The lowest BCUT2D eigenvalue weighted by Gasteiger charge is -2.05. The number of aromatic nitrogens is 2. The topological polar surface area (TPSA) is 65.4 Å². The summed E-state index contributed by atoms with van der Waals surface area (Å²) in [6, 6.07) is 9.75. The van der Waals surface area contributed by atoms with Crippen molar-refractivity contribution in [1.29, 1.82) is 10.5 Å². The van der Waals surface area contributed by atoms with Gasteiger partial charge in [0.05, 0.1) is 6.33 Å². The SMILES string of the molecule is N#Cc1ncn(Cc2cc(Br)cc(Br)c2)c1C#N. The van der Waals surface area contributed by atoms with Gasteiger partial charge in [0, 0.05) is 15.5 Å². The second-order valence-electron chi connectivity index (χ2n) is 3.57. The van der Waals surface area contributed by atoms with Gasteiger partial charge in [-0.15, -0.1) is 0 Å². The van der Waals surface area contributed by atoms with Crippen LogP contribution in [0.15, 0.2) is 33.5 Å². The van der Waals surface area contributed by atoms with E-state index in [1.54, 1.807) is 4.57 Å². The Balaban J connectivity index is 2.38. The van der Waals surface area contributed by atoms with Crippen LogP contribution >= 0.6 is 31.9 Å². The van der Waals surface area contributed by atoms with Gasteiger partial charge in [0.25, 0.3) is 0 Å². The van der Waals surface area contributed by atoms with Crippen LogP contribution in [0.25, 0.3) is 0 Å². The van der Waals surface area contributed by atoms with Crippen LogP contribution in [-0.2, 0) is 6.54 Å². The van der Waals surface area contributed by atoms with E-state index in [1.807, 2.05) is 30.3 Å². The maximum absolute atomic E-state index is 9.03. The Bertz CT molecular complexity index is 656. The first-order chi connectivity index (χ1) is 8.63. The monoisotopic (exact) mass is 364 g/mol. The molecule has 0 N–H and O–H groups in total. The predicted molar refractivity (Wildman–Crippen MR) is 72.6 cm³/mol. The normalized spacial score (nSPS) is 9.78. The molecule has 0 spiro atoms.